The van der Waals surface area contributed by atoms with Crippen molar-refractivity contribution in [1.82, 2.24) is 19.4 Å². The third-order valence-corrected chi connectivity index (χ3v) is 6.24. The van der Waals surface area contributed by atoms with Gasteiger partial charge in [0.05, 0.1) is 31.4 Å². The summed E-state index contributed by atoms with van der Waals surface area (Å²) >= 11 is 0. The zero-order valence-corrected chi connectivity index (χ0v) is 20.6. The van der Waals surface area contributed by atoms with Crippen LogP contribution in [0.2, 0.25) is 0 Å². The summed E-state index contributed by atoms with van der Waals surface area (Å²) in [6.07, 6.45) is 6.92. The maximum Gasteiger partial charge on any atom is 0.415 e. The van der Waals surface area contributed by atoms with Crippen LogP contribution < -0.4 is 9.47 Å². The number of fused-ring (bicyclic) bond motifs is 1. The molecule has 0 spiro atoms. The largest absolute Gasteiger partial charge is 0.495 e. The van der Waals surface area contributed by atoms with Gasteiger partial charge in [0.1, 0.15) is 11.5 Å². The Bertz CT molecular complexity index is 1300. The number of hydrogen-bond acceptors (Lipinski definition) is 7. The van der Waals surface area contributed by atoms with Crippen LogP contribution in [0.3, 0.4) is 0 Å². The number of carbonyl (C=O) groups excluding carboxylic acids is 1. The predicted molar refractivity (Wildman–Crippen MR) is 136 cm³/mol. The molecule has 2 aliphatic heterocycles. The second-order valence-electron chi connectivity index (χ2n) is 8.86. The minimum absolute atomic E-state index is 0.332. The number of amides is 1. The van der Waals surface area contributed by atoms with Crippen molar-refractivity contribution in [2.75, 3.05) is 27.2 Å². The van der Waals surface area contributed by atoms with Crippen LogP contribution in [-0.4, -0.2) is 64.8 Å². The quantitative estimate of drug-likeness (QED) is 0.510. The standard InChI is InChI=1S/C27H29N5O4/c1-19-16-31(18-28-19)23-12-11-20(15-24(23)34-3)14-21-8-7-13-32-25(36-29-26(21)32)17-30(2)27(33)35-22-9-5-4-6-10-22/h4-6,9-12,14-16,18,25H,7-8,13,17H2,1-3H3/b21-14+/t25-/m0/s1. The first kappa shape index (κ1) is 23.5. The summed E-state index contributed by atoms with van der Waals surface area (Å²) in [4.78, 5) is 26.2. The number of oxime groups is 1. The summed E-state index contributed by atoms with van der Waals surface area (Å²) in [5, 5.41) is 4.38. The molecule has 0 saturated carbocycles. The number of nitrogens with zero attached hydrogens (tertiary/aromatic N) is 5. The molecule has 1 saturated heterocycles. The molecule has 1 amide bonds. The number of methoxy groups -OCH3 is 1. The summed E-state index contributed by atoms with van der Waals surface area (Å²) in [6, 6.07) is 15.1. The molecule has 36 heavy (non-hydrogen) atoms. The minimum atomic E-state index is -0.439. The average molecular weight is 488 g/mol. The highest BCUT2D eigenvalue weighted by Crippen LogP contribution is 2.30. The third-order valence-electron chi connectivity index (χ3n) is 6.24. The number of hydrogen-bond donors (Lipinski definition) is 0. The molecule has 5 rings (SSSR count). The van der Waals surface area contributed by atoms with Gasteiger partial charge in [-0.15, -0.1) is 0 Å². The third kappa shape index (κ3) is 4.91. The van der Waals surface area contributed by atoms with Gasteiger partial charge in [0, 0.05) is 19.8 Å². The summed E-state index contributed by atoms with van der Waals surface area (Å²) in [5.41, 5.74) is 3.97. The van der Waals surface area contributed by atoms with Crippen LogP contribution in [0.15, 0.2) is 71.8 Å². The van der Waals surface area contributed by atoms with E-state index in [1.807, 2.05) is 48.0 Å². The topological polar surface area (TPSA) is 81.4 Å². The molecule has 0 bridgehead atoms. The van der Waals surface area contributed by atoms with E-state index in [0.717, 1.165) is 53.5 Å². The first-order valence-electron chi connectivity index (χ1n) is 11.9. The molecule has 3 aromatic rings. The molecule has 0 aliphatic carbocycles. The van der Waals surface area contributed by atoms with Crippen LogP contribution in [0.4, 0.5) is 4.79 Å². The zero-order valence-electron chi connectivity index (χ0n) is 20.6. The number of aromatic nitrogens is 2. The molecular weight excluding hydrogens is 458 g/mol. The predicted octanol–water partition coefficient (Wildman–Crippen LogP) is 4.47. The Labute approximate surface area is 210 Å². The average Bonchev–Trinajstić information content (AvgIpc) is 3.51. The normalized spacial score (nSPS) is 17.9. The van der Waals surface area contributed by atoms with E-state index < -0.39 is 6.09 Å². The summed E-state index contributed by atoms with van der Waals surface area (Å²) in [6.45, 7) is 3.10. The monoisotopic (exact) mass is 487 g/mol. The van der Waals surface area contributed by atoms with Crippen molar-refractivity contribution >= 4 is 18.0 Å². The number of amidine groups is 1. The van der Waals surface area contributed by atoms with Gasteiger partial charge in [0.15, 0.2) is 5.84 Å². The van der Waals surface area contributed by atoms with Crippen molar-refractivity contribution in [2.24, 2.45) is 5.16 Å². The Morgan fingerprint density at radius 2 is 2.08 bits per heavy atom. The minimum Gasteiger partial charge on any atom is -0.495 e. The Morgan fingerprint density at radius 1 is 1.25 bits per heavy atom. The number of likely N-dealkylation sites (N-methyl/N-ethyl adjacent to an activating group) is 1. The molecule has 3 heterocycles. The van der Waals surface area contributed by atoms with Crippen molar-refractivity contribution in [3.05, 3.63) is 77.9 Å². The van der Waals surface area contributed by atoms with Crippen LogP contribution in [0, 0.1) is 6.92 Å². The first-order chi connectivity index (χ1) is 17.5. The van der Waals surface area contributed by atoms with E-state index in [1.54, 1.807) is 32.6 Å². The van der Waals surface area contributed by atoms with E-state index in [-0.39, 0.29) is 6.23 Å². The summed E-state index contributed by atoms with van der Waals surface area (Å²) in [5.74, 6) is 2.08. The molecular formula is C27H29N5O4. The number of carbonyl (C=O) groups is 1. The highest BCUT2D eigenvalue weighted by Gasteiger charge is 2.36. The number of ether oxygens (including phenoxy) is 2. The van der Waals surface area contributed by atoms with Gasteiger partial charge in [-0.3, -0.25) is 0 Å². The van der Waals surface area contributed by atoms with Crippen LogP contribution >= 0.6 is 0 Å². The number of piperidine rings is 1. The van der Waals surface area contributed by atoms with Crippen molar-refractivity contribution in [3.63, 3.8) is 0 Å². The van der Waals surface area contributed by atoms with Crippen LogP contribution in [-0.2, 0) is 4.84 Å². The maximum atomic E-state index is 12.5. The number of benzene rings is 2. The number of imidazole rings is 1. The fraction of sp³-hybridized carbons (Fsp3) is 0.296. The smallest absolute Gasteiger partial charge is 0.415 e. The fourth-order valence-electron chi connectivity index (χ4n) is 4.40. The molecule has 9 nitrogen and oxygen atoms in total. The van der Waals surface area contributed by atoms with E-state index in [9.17, 15) is 4.79 Å². The summed E-state index contributed by atoms with van der Waals surface area (Å²) in [7, 11) is 3.36. The van der Waals surface area contributed by atoms with Crippen molar-refractivity contribution in [3.8, 4) is 17.2 Å². The Balaban J connectivity index is 1.28. The lowest BCUT2D eigenvalue weighted by atomic mass is 10.00. The molecule has 1 fully saturated rings. The fourth-order valence-corrected chi connectivity index (χ4v) is 4.40. The second kappa shape index (κ2) is 10.2. The molecule has 186 valence electrons. The van der Waals surface area contributed by atoms with Crippen molar-refractivity contribution < 1.29 is 19.1 Å². The number of aryl methyl sites for hydroxylation is 1. The first-order valence-corrected chi connectivity index (χ1v) is 11.9. The number of rotatable bonds is 6. The zero-order chi connectivity index (χ0) is 25.1. The lowest BCUT2D eigenvalue weighted by molar-refractivity contribution is -0.00737. The van der Waals surface area contributed by atoms with E-state index in [0.29, 0.717) is 12.3 Å². The van der Waals surface area contributed by atoms with Gasteiger partial charge in [-0.25, -0.2) is 9.78 Å². The van der Waals surface area contributed by atoms with Gasteiger partial charge in [-0.1, -0.05) is 29.4 Å². The van der Waals surface area contributed by atoms with Gasteiger partial charge in [0.2, 0.25) is 6.23 Å². The van der Waals surface area contributed by atoms with Gasteiger partial charge >= 0.3 is 6.09 Å². The molecule has 2 aliphatic rings. The Morgan fingerprint density at radius 3 is 2.83 bits per heavy atom. The molecule has 9 heteroatoms. The Hall–Kier alpha value is -4.27. The molecule has 1 atom stereocenters. The van der Waals surface area contributed by atoms with Gasteiger partial charge < -0.3 is 28.7 Å². The molecule has 1 aromatic heterocycles. The van der Waals surface area contributed by atoms with Gasteiger partial charge in [-0.2, -0.15) is 0 Å². The highest BCUT2D eigenvalue weighted by molar-refractivity contribution is 6.03. The molecule has 0 unspecified atom stereocenters. The van der Waals surface area contributed by atoms with Crippen LogP contribution in [0.5, 0.6) is 11.5 Å². The maximum absolute atomic E-state index is 12.5. The molecule has 2 aromatic carbocycles. The lowest BCUT2D eigenvalue weighted by Crippen LogP contribution is -2.47. The van der Waals surface area contributed by atoms with Gasteiger partial charge in [0.25, 0.3) is 0 Å². The van der Waals surface area contributed by atoms with E-state index in [1.165, 1.54) is 4.90 Å². The van der Waals surface area contributed by atoms with Crippen molar-refractivity contribution in [1.29, 1.82) is 0 Å². The van der Waals surface area contributed by atoms with Crippen LogP contribution in [0.25, 0.3) is 11.8 Å². The van der Waals surface area contributed by atoms with Crippen LogP contribution in [0.1, 0.15) is 24.1 Å². The number of para-hydroxylation sites is 1. The SMILES string of the molecule is COc1cc(/C=C2\CCCN3C2=NO[C@H]3CN(C)C(=O)Oc2ccccc2)ccc1-n1cnc(C)c1. The molecule has 0 radical (unpaired) electrons. The van der Waals surface area contributed by atoms with Gasteiger partial charge in [-0.05, 0) is 61.2 Å². The molecule has 0 N–H and O–H groups in total. The Kier molecular flexibility index (Phi) is 6.62. The van der Waals surface area contributed by atoms with E-state index >= 15 is 0 Å². The van der Waals surface area contributed by atoms with E-state index in [2.05, 4.69) is 27.2 Å². The second-order valence-corrected chi connectivity index (χ2v) is 8.86. The summed E-state index contributed by atoms with van der Waals surface area (Å²) < 4.78 is 13.0. The highest BCUT2D eigenvalue weighted by atomic mass is 16.7. The van der Waals surface area contributed by atoms with E-state index in [4.69, 9.17) is 14.3 Å². The van der Waals surface area contributed by atoms with Crippen molar-refractivity contribution in [2.45, 2.75) is 26.0 Å². The lowest BCUT2D eigenvalue weighted by Gasteiger charge is -2.31.